The standard InChI is InChI=1S/C15H19N3O2S/c1-19-12-5-3-2-4-11(12)14(13-10-17-15(16)21-13)18-6-8-20-9-7-18/h2-5,10,14H,6-9H2,1H3,(H2,16,17). The predicted octanol–water partition coefficient (Wildman–Crippen LogP) is 2.16. The lowest BCUT2D eigenvalue weighted by Crippen LogP contribution is -2.39. The van der Waals surface area contributed by atoms with Crippen molar-refractivity contribution >= 4 is 16.5 Å². The third-order valence-electron chi connectivity index (χ3n) is 3.66. The van der Waals surface area contributed by atoms with E-state index in [1.165, 1.54) is 11.3 Å². The molecule has 5 nitrogen and oxygen atoms in total. The summed E-state index contributed by atoms with van der Waals surface area (Å²) in [6.45, 7) is 3.28. The first-order chi connectivity index (χ1) is 10.3. The third-order valence-corrected chi connectivity index (χ3v) is 4.53. The maximum atomic E-state index is 5.83. The molecule has 0 aliphatic carbocycles. The monoisotopic (exact) mass is 305 g/mol. The van der Waals surface area contributed by atoms with Gasteiger partial charge in [-0.05, 0) is 6.07 Å². The number of nitrogen functional groups attached to an aromatic ring is 1. The van der Waals surface area contributed by atoms with Gasteiger partial charge in [-0.3, -0.25) is 4.90 Å². The summed E-state index contributed by atoms with van der Waals surface area (Å²) < 4.78 is 11.0. The van der Waals surface area contributed by atoms with Gasteiger partial charge in [-0.2, -0.15) is 0 Å². The smallest absolute Gasteiger partial charge is 0.180 e. The molecule has 0 saturated carbocycles. The van der Waals surface area contributed by atoms with Crippen molar-refractivity contribution in [2.75, 3.05) is 39.1 Å². The number of ether oxygens (including phenoxy) is 2. The van der Waals surface area contributed by atoms with Gasteiger partial charge in [-0.15, -0.1) is 11.3 Å². The Balaban J connectivity index is 2.02. The molecule has 1 aromatic carbocycles. The number of thiazole rings is 1. The fraction of sp³-hybridized carbons (Fsp3) is 0.400. The number of benzene rings is 1. The van der Waals surface area contributed by atoms with E-state index in [1.807, 2.05) is 24.4 Å². The molecule has 21 heavy (non-hydrogen) atoms. The van der Waals surface area contributed by atoms with Gasteiger partial charge in [0.2, 0.25) is 0 Å². The van der Waals surface area contributed by atoms with E-state index >= 15 is 0 Å². The highest BCUT2D eigenvalue weighted by Crippen LogP contribution is 2.37. The van der Waals surface area contributed by atoms with E-state index in [9.17, 15) is 0 Å². The number of anilines is 1. The molecule has 1 aliphatic heterocycles. The number of para-hydroxylation sites is 1. The predicted molar refractivity (Wildman–Crippen MR) is 83.8 cm³/mol. The van der Waals surface area contributed by atoms with E-state index in [0.717, 1.165) is 42.5 Å². The summed E-state index contributed by atoms with van der Waals surface area (Å²) in [6, 6.07) is 8.23. The van der Waals surface area contributed by atoms with Crippen LogP contribution >= 0.6 is 11.3 Å². The summed E-state index contributed by atoms with van der Waals surface area (Å²) in [7, 11) is 1.70. The molecule has 1 atom stereocenters. The maximum absolute atomic E-state index is 5.83. The Morgan fingerprint density at radius 2 is 2.10 bits per heavy atom. The van der Waals surface area contributed by atoms with Crippen LogP contribution in [0, 0.1) is 0 Å². The Labute approximate surface area is 128 Å². The van der Waals surface area contributed by atoms with Gasteiger partial charge in [0.1, 0.15) is 5.75 Å². The van der Waals surface area contributed by atoms with Gasteiger partial charge in [0.25, 0.3) is 0 Å². The molecular formula is C15H19N3O2S. The van der Waals surface area contributed by atoms with Crippen LogP contribution in [0.25, 0.3) is 0 Å². The van der Waals surface area contributed by atoms with E-state index in [-0.39, 0.29) is 6.04 Å². The lowest BCUT2D eigenvalue weighted by Gasteiger charge is -2.34. The van der Waals surface area contributed by atoms with Crippen LogP contribution in [0.15, 0.2) is 30.5 Å². The largest absolute Gasteiger partial charge is 0.496 e. The molecule has 1 fully saturated rings. The van der Waals surface area contributed by atoms with Gasteiger partial charge in [0, 0.05) is 29.7 Å². The van der Waals surface area contributed by atoms with Crippen LogP contribution in [0.1, 0.15) is 16.5 Å². The Morgan fingerprint density at radius 3 is 2.76 bits per heavy atom. The minimum absolute atomic E-state index is 0.111. The van der Waals surface area contributed by atoms with Crippen molar-refractivity contribution in [1.29, 1.82) is 0 Å². The van der Waals surface area contributed by atoms with E-state index in [4.69, 9.17) is 15.2 Å². The number of nitrogens with two attached hydrogens (primary N) is 1. The number of hydrogen-bond donors (Lipinski definition) is 1. The van der Waals surface area contributed by atoms with Crippen molar-refractivity contribution in [1.82, 2.24) is 9.88 Å². The minimum Gasteiger partial charge on any atom is -0.496 e. The molecule has 1 unspecified atom stereocenters. The molecular weight excluding hydrogens is 286 g/mol. The Bertz CT molecular complexity index is 596. The maximum Gasteiger partial charge on any atom is 0.180 e. The summed E-state index contributed by atoms with van der Waals surface area (Å²) in [5, 5.41) is 0.596. The molecule has 3 rings (SSSR count). The highest BCUT2D eigenvalue weighted by molar-refractivity contribution is 7.15. The Hall–Kier alpha value is -1.63. The molecule has 0 spiro atoms. The van der Waals surface area contributed by atoms with Gasteiger partial charge in [0.15, 0.2) is 5.13 Å². The summed E-state index contributed by atoms with van der Waals surface area (Å²) in [5.74, 6) is 0.890. The molecule has 1 aliphatic rings. The van der Waals surface area contributed by atoms with Crippen molar-refractivity contribution in [3.05, 3.63) is 40.9 Å². The lowest BCUT2D eigenvalue weighted by atomic mass is 10.0. The van der Waals surface area contributed by atoms with Crippen molar-refractivity contribution in [2.45, 2.75) is 6.04 Å². The van der Waals surface area contributed by atoms with Gasteiger partial charge in [-0.1, -0.05) is 18.2 Å². The highest BCUT2D eigenvalue weighted by atomic mass is 32.1. The average molecular weight is 305 g/mol. The zero-order valence-corrected chi connectivity index (χ0v) is 12.8. The lowest BCUT2D eigenvalue weighted by molar-refractivity contribution is 0.0241. The van der Waals surface area contributed by atoms with Crippen molar-refractivity contribution < 1.29 is 9.47 Å². The molecule has 0 amide bonds. The van der Waals surface area contributed by atoms with Gasteiger partial charge in [-0.25, -0.2) is 4.98 Å². The molecule has 2 heterocycles. The van der Waals surface area contributed by atoms with Crippen LogP contribution in [-0.2, 0) is 4.74 Å². The number of aromatic nitrogens is 1. The first-order valence-corrected chi connectivity index (χ1v) is 7.77. The summed E-state index contributed by atoms with van der Waals surface area (Å²) in [4.78, 5) is 7.75. The van der Waals surface area contributed by atoms with Crippen LogP contribution in [0.5, 0.6) is 5.75 Å². The number of hydrogen-bond acceptors (Lipinski definition) is 6. The Morgan fingerprint density at radius 1 is 1.33 bits per heavy atom. The number of rotatable bonds is 4. The number of nitrogens with zero attached hydrogens (tertiary/aromatic N) is 2. The summed E-state index contributed by atoms with van der Waals surface area (Å²) in [5.41, 5.74) is 6.97. The first kappa shape index (κ1) is 14.3. The Kier molecular flexibility index (Phi) is 4.38. The molecule has 0 bridgehead atoms. The van der Waals surface area contributed by atoms with Crippen LogP contribution < -0.4 is 10.5 Å². The topological polar surface area (TPSA) is 60.6 Å². The second kappa shape index (κ2) is 6.43. The van der Waals surface area contributed by atoms with Gasteiger partial charge >= 0.3 is 0 Å². The van der Waals surface area contributed by atoms with Gasteiger partial charge in [0.05, 0.1) is 26.4 Å². The van der Waals surface area contributed by atoms with E-state index in [1.54, 1.807) is 7.11 Å². The van der Waals surface area contributed by atoms with E-state index in [0.29, 0.717) is 5.13 Å². The van der Waals surface area contributed by atoms with Crippen molar-refractivity contribution in [3.8, 4) is 5.75 Å². The number of morpholine rings is 1. The van der Waals surface area contributed by atoms with Crippen LogP contribution in [0.2, 0.25) is 0 Å². The number of methoxy groups -OCH3 is 1. The molecule has 2 aromatic rings. The van der Waals surface area contributed by atoms with Gasteiger partial charge < -0.3 is 15.2 Å². The zero-order chi connectivity index (χ0) is 14.7. The second-order valence-electron chi connectivity index (χ2n) is 4.89. The summed E-state index contributed by atoms with van der Waals surface area (Å²) >= 11 is 1.53. The minimum atomic E-state index is 0.111. The molecule has 6 heteroatoms. The third kappa shape index (κ3) is 3.02. The molecule has 1 saturated heterocycles. The van der Waals surface area contributed by atoms with E-state index in [2.05, 4.69) is 16.0 Å². The SMILES string of the molecule is COc1ccccc1C(c1cnc(N)s1)N1CCOCC1. The molecule has 2 N–H and O–H groups in total. The van der Waals surface area contributed by atoms with Crippen LogP contribution in [0.4, 0.5) is 5.13 Å². The molecule has 112 valence electrons. The molecule has 0 radical (unpaired) electrons. The normalized spacial score (nSPS) is 17.6. The van der Waals surface area contributed by atoms with Crippen molar-refractivity contribution in [2.24, 2.45) is 0 Å². The molecule has 1 aromatic heterocycles. The van der Waals surface area contributed by atoms with Crippen LogP contribution in [0.3, 0.4) is 0 Å². The zero-order valence-electron chi connectivity index (χ0n) is 12.0. The fourth-order valence-electron chi connectivity index (χ4n) is 2.69. The first-order valence-electron chi connectivity index (χ1n) is 6.95. The second-order valence-corrected chi connectivity index (χ2v) is 5.99. The fourth-order valence-corrected chi connectivity index (χ4v) is 3.52. The van der Waals surface area contributed by atoms with Crippen molar-refractivity contribution in [3.63, 3.8) is 0 Å². The average Bonchev–Trinajstić information content (AvgIpc) is 2.95. The van der Waals surface area contributed by atoms with E-state index < -0.39 is 0 Å². The highest BCUT2D eigenvalue weighted by Gasteiger charge is 2.28. The van der Waals surface area contributed by atoms with Crippen LogP contribution in [-0.4, -0.2) is 43.3 Å². The quantitative estimate of drug-likeness (QED) is 0.938. The summed E-state index contributed by atoms with van der Waals surface area (Å²) in [6.07, 6.45) is 1.87.